The molecule has 4 heteroatoms. The lowest BCUT2D eigenvalue weighted by molar-refractivity contribution is 0.0642. The first kappa shape index (κ1) is 17.7. The summed E-state index contributed by atoms with van der Waals surface area (Å²) < 4.78 is 0. The van der Waals surface area contributed by atoms with E-state index in [1.807, 2.05) is 42.5 Å². The van der Waals surface area contributed by atoms with Crippen LogP contribution in [-0.4, -0.2) is 16.7 Å². The molecule has 0 aliphatic carbocycles. The first-order chi connectivity index (χ1) is 13.7. The predicted octanol–water partition coefficient (Wildman–Crippen LogP) is 4.14. The Morgan fingerprint density at radius 3 is 1.96 bits per heavy atom. The van der Waals surface area contributed by atoms with Gasteiger partial charge in [0, 0.05) is 0 Å². The zero-order chi connectivity index (χ0) is 19.5. The highest BCUT2D eigenvalue weighted by Gasteiger charge is 2.34. The molecule has 0 spiro atoms. The van der Waals surface area contributed by atoms with Crippen LogP contribution in [0.2, 0.25) is 0 Å². The van der Waals surface area contributed by atoms with E-state index >= 15 is 0 Å². The largest absolute Gasteiger partial charge is 0.270 e. The highest BCUT2D eigenvalue weighted by Crippen LogP contribution is 2.24. The van der Waals surface area contributed by atoms with Gasteiger partial charge in [0.1, 0.15) is 0 Å². The lowest BCUT2D eigenvalue weighted by Crippen LogP contribution is -2.29. The molecule has 1 heterocycles. The van der Waals surface area contributed by atoms with Crippen LogP contribution in [0.3, 0.4) is 0 Å². The second-order valence-electron chi connectivity index (χ2n) is 6.87. The van der Waals surface area contributed by atoms with Crippen molar-refractivity contribution in [1.29, 1.82) is 5.26 Å². The molecule has 1 aliphatic rings. The number of benzene rings is 3. The molecule has 136 valence electrons. The molecule has 2 amide bonds. The van der Waals surface area contributed by atoms with E-state index in [1.54, 1.807) is 24.3 Å². The molecule has 0 radical (unpaired) electrons. The number of nitrogens with zero attached hydrogens (tertiary/aromatic N) is 2. The van der Waals surface area contributed by atoms with Gasteiger partial charge in [-0.15, -0.1) is 0 Å². The lowest BCUT2D eigenvalue weighted by atomic mass is 10.0. The number of nitriles is 1. The minimum Gasteiger partial charge on any atom is -0.270 e. The number of hydrogen-bond acceptors (Lipinski definition) is 3. The predicted molar refractivity (Wildman–Crippen MR) is 106 cm³/mol. The van der Waals surface area contributed by atoms with Gasteiger partial charge in [-0.3, -0.25) is 14.5 Å². The molecular weight excluding hydrogens is 348 g/mol. The molecule has 3 aromatic rings. The molecule has 0 saturated carbocycles. The smallest absolute Gasteiger partial charge is 0.261 e. The fourth-order valence-corrected chi connectivity index (χ4v) is 3.48. The molecule has 0 atom stereocenters. The van der Waals surface area contributed by atoms with Crippen molar-refractivity contribution in [2.45, 2.75) is 19.4 Å². The van der Waals surface area contributed by atoms with Gasteiger partial charge < -0.3 is 0 Å². The third-order valence-corrected chi connectivity index (χ3v) is 5.00. The van der Waals surface area contributed by atoms with E-state index in [2.05, 4.69) is 12.1 Å². The number of aryl methyl sites for hydroxylation is 2. The molecule has 4 nitrogen and oxygen atoms in total. The van der Waals surface area contributed by atoms with E-state index in [4.69, 9.17) is 5.26 Å². The lowest BCUT2D eigenvalue weighted by Gasteiger charge is -2.14. The molecule has 0 N–H and O–H groups in total. The summed E-state index contributed by atoms with van der Waals surface area (Å²) >= 11 is 0. The Morgan fingerprint density at radius 1 is 0.714 bits per heavy atom. The van der Waals surface area contributed by atoms with Crippen molar-refractivity contribution >= 4 is 11.8 Å². The summed E-state index contributed by atoms with van der Waals surface area (Å²) in [4.78, 5) is 26.4. The molecule has 4 rings (SSSR count). The molecule has 1 aliphatic heterocycles. The van der Waals surface area contributed by atoms with E-state index in [-0.39, 0.29) is 18.4 Å². The summed E-state index contributed by atoms with van der Waals surface area (Å²) in [6, 6.07) is 24.7. The molecule has 28 heavy (non-hydrogen) atoms. The van der Waals surface area contributed by atoms with Crippen LogP contribution in [0.5, 0.6) is 0 Å². The molecule has 3 aromatic carbocycles. The van der Waals surface area contributed by atoms with E-state index in [9.17, 15) is 9.59 Å². The topological polar surface area (TPSA) is 61.2 Å². The number of carbonyl (C=O) groups excluding carboxylic acids is 2. The maximum atomic E-state index is 12.5. The van der Waals surface area contributed by atoms with Crippen molar-refractivity contribution in [3.8, 4) is 6.07 Å². The normalized spacial score (nSPS) is 12.8. The minimum absolute atomic E-state index is 0.233. The van der Waals surface area contributed by atoms with Gasteiger partial charge in [-0.2, -0.15) is 5.26 Å². The Balaban J connectivity index is 1.45. The summed E-state index contributed by atoms with van der Waals surface area (Å²) in [6.45, 7) is 0.275. The molecule has 0 aromatic heterocycles. The van der Waals surface area contributed by atoms with E-state index in [1.165, 1.54) is 10.5 Å². The third-order valence-electron chi connectivity index (χ3n) is 5.00. The number of amides is 2. The van der Waals surface area contributed by atoms with E-state index < -0.39 is 0 Å². The monoisotopic (exact) mass is 366 g/mol. The van der Waals surface area contributed by atoms with Crippen LogP contribution in [0.25, 0.3) is 0 Å². The Labute approximate surface area is 163 Å². The maximum Gasteiger partial charge on any atom is 0.261 e. The van der Waals surface area contributed by atoms with Crippen LogP contribution in [0, 0.1) is 11.3 Å². The van der Waals surface area contributed by atoms with Crippen LogP contribution >= 0.6 is 0 Å². The van der Waals surface area contributed by atoms with Crippen molar-refractivity contribution in [2.24, 2.45) is 0 Å². The van der Waals surface area contributed by atoms with Gasteiger partial charge in [0.05, 0.1) is 29.3 Å². The van der Waals surface area contributed by atoms with Crippen molar-refractivity contribution < 1.29 is 9.59 Å². The minimum atomic E-state index is -0.233. The van der Waals surface area contributed by atoms with E-state index in [0.29, 0.717) is 16.7 Å². The number of fused-ring (bicyclic) bond motifs is 1. The number of rotatable bonds is 5. The van der Waals surface area contributed by atoms with Crippen LogP contribution in [0.15, 0.2) is 72.8 Å². The Hall–Kier alpha value is -3.71. The van der Waals surface area contributed by atoms with Crippen molar-refractivity contribution in [2.75, 3.05) is 0 Å². The standard InChI is InChI=1S/C24H18N2O2/c25-15-19-12-9-17(10-13-19)8-11-18-4-3-5-20(14-18)16-26-23(27)21-6-1-2-7-22(21)24(26)28/h1-7,9-10,12-14H,8,11,16H2. The van der Waals surface area contributed by atoms with E-state index in [0.717, 1.165) is 24.0 Å². The average molecular weight is 366 g/mol. The highest BCUT2D eigenvalue weighted by atomic mass is 16.2. The maximum absolute atomic E-state index is 12.5. The first-order valence-corrected chi connectivity index (χ1v) is 9.18. The van der Waals surface area contributed by atoms with Crippen molar-refractivity contribution in [3.63, 3.8) is 0 Å². The number of hydrogen-bond donors (Lipinski definition) is 0. The van der Waals surface area contributed by atoms with Crippen LogP contribution in [0.4, 0.5) is 0 Å². The van der Waals surface area contributed by atoms with Gasteiger partial charge in [-0.1, -0.05) is 48.5 Å². The third kappa shape index (κ3) is 3.43. The van der Waals surface area contributed by atoms with Crippen LogP contribution in [0.1, 0.15) is 43.0 Å². The van der Waals surface area contributed by atoms with Gasteiger partial charge in [-0.25, -0.2) is 0 Å². The summed E-state index contributed by atoms with van der Waals surface area (Å²) in [5, 5.41) is 8.88. The van der Waals surface area contributed by atoms with Gasteiger partial charge in [0.2, 0.25) is 0 Å². The average Bonchev–Trinajstić information content (AvgIpc) is 2.98. The summed E-state index contributed by atoms with van der Waals surface area (Å²) in [5.74, 6) is -0.466. The van der Waals surface area contributed by atoms with Gasteiger partial charge in [-0.05, 0) is 53.8 Å². The van der Waals surface area contributed by atoms with Gasteiger partial charge in [0.25, 0.3) is 11.8 Å². The Kier molecular flexibility index (Phi) is 4.74. The number of imide groups is 1. The second-order valence-corrected chi connectivity index (χ2v) is 6.87. The Morgan fingerprint density at radius 2 is 1.32 bits per heavy atom. The molecular formula is C24H18N2O2. The first-order valence-electron chi connectivity index (χ1n) is 9.18. The highest BCUT2D eigenvalue weighted by molar-refractivity contribution is 6.21. The summed E-state index contributed by atoms with van der Waals surface area (Å²) in [7, 11) is 0. The fourth-order valence-electron chi connectivity index (χ4n) is 3.48. The molecule has 0 bridgehead atoms. The van der Waals surface area contributed by atoms with Crippen LogP contribution in [-0.2, 0) is 19.4 Å². The molecule has 0 fully saturated rings. The quantitative estimate of drug-likeness (QED) is 0.638. The van der Waals surface area contributed by atoms with Gasteiger partial charge in [0.15, 0.2) is 0 Å². The molecule has 0 saturated heterocycles. The summed E-state index contributed by atoms with van der Waals surface area (Å²) in [5.41, 5.74) is 4.87. The second kappa shape index (κ2) is 7.50. The van der Waals surface area contributed by atoms with Crippen LogP contribution < -0.4 is 0 Å². The number of carbonyl (C=O) groups is 2. The Bertz CT molecular complexity index is 1060. The van der Waals surface area contributed by atoms with Crippen molar-refractivity contribution in [3.05, 3.63) is 106 Å². The van der Waals surface area contributed by atoms with Crippen molar-refractivity contribution in [1.82, 2.24) is 4.90 Å². The SMILES string of the molecule is N#Cc1ccc(CCc2cccc(CN3C(=O)c4ccccc4C3=O)c2)cc1. The zero-order valence-corrected chi connectivity index (χ0v) is 15.3. The molecule has 0 unspecified atom stereocenters. The summed E-state index contributed by atoms with van der Waals surface area (Å²) in [6.07, 6.45) is 1.71. The fraction of sp³-hybridized carbons (Fsp3) is 0.125. The van der Waals surface area contributed by atoms with Gasteiger partial charge >= 0.3 is 0 Å². The zero-order valence-electron chi connectivity index (χ0n) is 15.3.